The lowest BCUT2D eigenvalue weighted by Gasteiger charge is -2.05. The van der Waals surface area contributed by atoms with Crippen LogP contribution in [-0.2, 0) is 10.5 Å². The molecule has 0 saturated heterocycles. The van der Waals surface area contributed by atoms with E-state index in [0.717, 1.165) is 5.69 Å². The molecule has 0 aliphatic heterocycles. The van der Waals surface area contributed by atoms with Crippen molar-refractivity contribution in [1.29, 1.82) is 0 Å². The van der Waals surface area contributed by atoms with Crippen LogP contribution in [0.15, 0.2) is 18.3 Å². The van der Waals surface area contributed by atoms with Crippen molar-refractivity contribution in [3.05, 3.63) is 29.0 Å². The first-order valence-corrected chi connectivity index (χ1v) is 5.47. The van der Waals surface area contributed by atoms with Crippen LogP contribution in [0.3, 0.4) is 0 Å². The van der Waals surface area contributed by atoms with Crippen molar-refractivity contribution in [2.24, 2.45) is 0 Å². The summed E-state index contributed by atoms with van der Waals surface area (Å²) >= 11 is 7.08. The summed E-state index contributed by atoms with van der Waals surface area (Å²) in [7, 11) is 0. The number of aromatic nitrogens is 1. The fourth-order valence-corrected chi connectivity index (χ4v) is 1.71. The minimum Gasteiger partial charge on any atom is -0.480 e. The lowest BCUT2D eigenvalue weighted by atomic mass is 10.4. The second-order valence-corrected chi connectivity index (χ2v) is 4.52. The van der Waals surface area contributed by atoms with Gasteiger partial charge in [0.05, 0.1) is 10.9 Å². The fraction of sp³-hybridized carbons (Fsp3) is 0.333. The maximum Gasteiger partial charge on any atom is 0.316 e. The maximum absolute atomic E-state index is 10.5. The van der Waals surface area contributed by atoms with Gasteiger partial charge in [0.25, 0.3) is 0 Å². The second kappa shape index (κ2) is 5.22. The number of carboxylic acids is 1. The van der Waals surface area contributed by atoms with Gasteiger partial charge in [0.1, 0.15) is 0 Å². The van der Waals surface area contributed by atoms with E-state index in [2.05, 4.69) is 4.98 Å². The molecule has 0 aromatic carbocycles. The molecule has 1 N–H and O–H groups in total. The normalized spacial score (nSPS) is 12.4. The van der Waals surface area contributed by atoms with Crippen LogP contribution in [0.1, 0.15) is 12.6 Å². The molecule has 14 heavy (non-hydrogen) atoms. The van der Waals surface area contributed by atoms with Crippen LogP contribution in [0.25, 0.3) is 0 Å². The molecule has 0 bridgehead atoms. The van der Waals surface area contributed by atoms with E-state index < -0.39 is 11.2 Å². The summed E-state index contributed by atoms with van der Waals surface area (Å²) in [6.45, 7) is 1.65. The monoisotopic (exact) mass is 231 g/mol. The molecule has 0 spiro atoms. The van der Waals surface area contributed by atoms with Gasteiger partial charge in [0, 0.05) is 17.0 Å². The predicted octanol–water partition coefficient (Wildman–Crippen LogP) is 2.44. The largest absolute Gasteiger partial charge is 0.480 e. The minimum atomic E-state index is -0.808. The molecule has 76 valence electrons. The maximum atomic E-state index is 10.5. The fourth-order valence-electron chi connectivity index (χ4n) is 0.809. The molecule has 1 atom stereocenters. The van der Waals surface area contributed by atoms with Gasteiger partial charge in [-0.25, -0.2) is 0 Å². The summed E-state index contributed by atoms with van der Waals surface area (Å²) in [6, 6.07) is 3.43. The highest BCUT2D eigenvalue weighted by Gasteiger charge is 2.11. The number of aliphatic carboxylic acids is 1. The number of hydrogen-bond acceptors (Lipinski definition) is 3. The number of nitrogens with zero attached hydrogens (tertiary/aromatic N) is 1. The highest BCUT2D eigenvalue weighted by atomic mass is 35.5. The molecule has 1 aromatic rings. The van der Waals surface area contributed by atoms with Gasteiger partial charge in [-0.15, -0.1) is 11.8 Å². The Morgan fingerprint density at radius 2 is 2.50 bits per heavy atom. The van der Waals surface area contributed by atoms with E-state index >= 15 is 0 Å². The molecule has 0 amide bonds. The minimum absolute atomic E-state index is 0.421. The van der Waals surface area contributed by atoms with Crippen LogP contribution in [0.4, 0.5) is 0 Å². The zero-order valence-electron chi connectivity index (χ0n) is 7.61. The van der Waals surface area contributed by atoms with Gasteiger partial charge in [0.2, 0.25) is 0 Å². The number of pyridine rings is 1. The van der Waals surface area contributed by atoms with Gasteiger partial charge >= 0.3 is 5.97 Å². The Balaban J connectivity index is 2.49. The molecule has 1 aromatic heterocycles. The van der Waals surface area contributed by atoms with Crippen LogP contribution < -0.4 is 0 Å². The van der Waals surface area contributed by atoms with E-state index in [-0.39, 0.29) is 0 Å². The summed E-state index contributed by atoms with van der Waals surface area (Å²) in [5.41, 5.74) is 0.801. The van der Waals surface area contributed by atoms with Crippen molar-refractivity contribution < 1.29 is 9.90 Å². The average molecular weight is 232 g/mol. The Morgan fingerprint density at radius 1 is 1.79 bits per heavy atom. The van der Waals surface area contributed by atoms with E-state index in [1.165, 1.54) is 11.8 Å². The molecule has 0 saturated carbocycles. The lowest BCUT2D eigenvalue weighted by molar-refractivity contribution is -0.136. The molecule has 5 heteroatoms. The van der Waals surface area contributed by atoms with Crippen molar-refractivity contribution in [2.75, 3.05) is 0 Å². The third-order valence-corrected chi connectivity index (χ3v) is 3.01. The van der Waals surface area contributed by atoms with Gasteiger partial charge in [0.15, 0.2) is 0 Å². The molecule has 0 aliphatic rings. The first kappa shape index (κ1) is 11.3. The van der Waals surface area contributed by atoms with Crippen LogP contribution in [-0.4, -0.2) is 21.3 Å². The highest BCUT2D eigenvalue weighted by molar-refractivity contribution is 7.99. The van der Waals surface area contributed by atoms with Crippen LogP contribution in [0.5, 0.6) is 0 Å². The quantitative estimate of drug-likeness (QED) is 0.865. The number of hydrogen-bond donors (Lipinski definition) is 1. The van der Waals surface area contributed by atoms with Crippen molar-refractivity contribution in [1.82, 2.24) is 4.98 Å². The Morgan fingerprint density at radius 3 is 3.07 bits per heavy atom. The van der Waals surface area contributed by atoms with Gasteiger partial charge in [-0.05, 0) is 19.1 Å². The van der Waals surface area contributed by atoms with E-state index in [0.29, 0.717) is 10.8 Å². The summed E-state index contributed by atoms with van der Waals surface area (Å²) in [5.74, 6) is -0.245. The lowest BCUT2D eigenvalue weighted by Crippen LogP contribution is -2.11. The summed E-state index contributed by atoms with van der Waals surface area (Å²) in [4.78, 5) is 14.6. The summed E-state index contributed by atoms with van der Waals surface area (Å²) < 4.78 is 0. The number of rotatable bonds is 4. The number of carboxylic acid groups (broad SMARTS) is 1. The van der Waals surface area contributed by atoms with Crippen molar-refractivity contribution in [3.63, 3.8) is 0 Å². The third-order valence-electron chi connectivity index (χ3n) is 1.61. The first-order valence-electron chi connectivity index (χ1n) is 4.04. The Bertz CT molecular complexity index is 332. The van der Waals surface area contributed by atoms with E-state index in [1.54, 1.807) is 25.3 Å². The number of halogens is 1. The molecule has 0 radical (unpaired) electrons. The van der Waals surface area contributed by atoms with Crippen molar-refractivity contribution in [3.8, 4) is 0 Å². The highest BCUT2D eigenvalue weighted by Crippen LogP contribution is 2.18. The first-order chi connectivity index (χ1) is 6.59. The smallest absolute Gasteiger partial charge is 0.316 e. The standard InChI is InChI=1S/C9H10ClNO2S/c1-6(9(12)13)14-5-8-4-7(10)2-3-11-8/h2-4,6H,5H2,1H3,(H,12,13). The topological polar surface area (TPSA) is 50.2 Å². The number of thioether (sulfide) groups is 1. The van der Waals surface area contributed by atoms with Crippen molar-refractivity contribution in [2.45, 2.75) is 17.9 Å². The van der Waals surface area contributed by atoms with Crippen molar-refractivity contribution >= 4 is 29.3 Å². The second-order valence-electron chi connectivity index (χ2n) is 2.76. The molecule has 3 nitrogen and oxygen atoms in total. The van der Waals surface area contributed by atoms with Gasteiger partial charge in [-0.1, -0.05) is 11.6 Å². The average Bonchev–Trinajstić information content (AvgIpc) is 2.14. The van der Waals surface area contributed by atoms with Crippen LogP contribution >= 0.6 is 23.4 Å². The molecule has 0 aliphatic carbocycles. The van der Waals surface area contributed by atoms with Gasteiger partial charge in [-0.3, -0.25) is 9.78 Å². The third kappa shape index (κ3) is 3.55. The van der Waals surface area contributed by atoms with E-state index in [4.69, 9.17) is 16.7 Å². The molecular formula is C9H10ClNO2S. The molecule has 1 heterocycles. The summed E-state index contributed by atoms with van der Waals surface area (Å²) in [6.07, 6.45) is 1.61. The number of carbonyl (C=O) groups is 1. The molecule has 0 fully saturated rings. The van der Waals surface area contributed by atoms with Crippen LogP contribution in [0, 0.1) is 0 Å². The van der Waals surface area contributed by atoms with Gasteiger partial charge < -0.3 is 5.11 Å². The predicted molar refractivity (Wildman–Crippen MR) is 57.6 cm³/mol. The van der Waals surface area contributed by atoms with Crippen LogP contribution in [0.2, 0.25) is 5.02 Å². The zero-order chi connectivity index (χ0) is 10.6. The molecule has 1 rings (SSSR count). The molecular weight excluding hydrogens is 222 g/mol. The Kier molecular flexibility index (Phi) is 4.22. The SMILES string of the molecule is CC(SCc1cc(Cl)ccn1)C(=O)O. The summed E-state index contributed by atoms with van der Waals surface area (Å²) in [5, 5.41) is 8.85. The molecule has 1 unspecified atom stereocenters. The Labute approximate surface area is 91.5 Å². The zero-order valence-corrected chi connectivity index (χ0v) is 9.18. The van der Waals surface area contributed by atoms with Gasteiger partial charge in [-0.2, -0.15) is 0 Å². The van der Waals surface area contributed by atoms with E-state index in [1.807, 2.05) is 0 Å². The Hall–Kier alpha value is -0.740. The van der Waals surface area contributed by atoms with E-state index in [9.17, 15) is 4.79 Å².